The van der Waals surface area contributed by atoms with Gasteiger partial charge in [-0.25, -0.2) is 13.6 Å². The Balaban J connectivity index is 1.72. The number of primary sulfonamides is 1. The Morgan fingerprint density at radius 1 is 1.30 bits per heavy atom. The number of aromatic nitrogens is 2. The first-order valence-electron chi connectivity index (χ1n) is 7.02. The highest BCUT2D eigenvalue weighted by molar-refractivity contribution is 7.89. The standard InChI is InChI=1S/C14H18N4O4S/c1-10-17-13(18-22-10)9-14(19)16-8-2-3-11-4-6-12(7-5-11)23(15,20)21/h4-7H,2-3,8-9H2,1H3,(H,16,19)(H2,15,20,21). The zero-order valence-corrected chi connectivity index (χ0v) is 13.5. The molecule has 1 aromatic heterocycles. The zero-order chi connectivity index (χ0) is 16.9. The summed E-state index contributed by atoms with van der Waals surface area (Å²) in [6, 6.07) is 6.37. The largest absolute Gasteiger partial charge is 0.356 e. The highest BCUT2D eigenvalue weighted by atomic mass is 32.2. The average molecular weight is 338 g/mol. The van der Waals surface area contributed by atoms with Gasteiger partial charge in [0.15, 0.2) is 5.82 Å². The molecule has 0 aliphatic heterocycles. The third-order valence-electron chi connectivity index (χ3n) is 3.10. The number of benzene rings is 1. The van der Waals surface area contributed by atoms with Crippen molar-refractivity contribution < 1.29 is 17.7 Å². The topological polar surface area (TPSA) is 128 Å². The molecule has 0 saturated heterocycles. The van der Waals surface area contributed by atoms with Crippen molar-refractivity contribution in [1.82, 2.24) is 15.5 Å². The van der Waals surface area contributed by atoms with Crippen molar-refractivity contribution >= 4 is 15.9 Å². The lowest BCUT2D eigenvalue weighted by Crippen LogP contribution is -2.26. The van der Waals surface area contributed by atoms with E-state index in [0.29, 0.717) is 24.7 Å². The molecular weight excluding hydrogens is 320 g/mol. The third kappa shape index (κ3) is 5.46. The minimum absolute atomic E-state index is 0.0837. The molecule has 0 spiro atoms. The predicted molar refractivity (Wildman–Crippen MR) is 81.9 cm³/mol. The Bertz CT molecular complexity index is 768. The molecule has 0 bridgehead atoms. The minimum atomic E-state index is -3.66. The van der Waals surface area contributed by atoms with Gasteiger partial charge in [0, 0.05) is 13.5 Å². The monoisotopic (exact) mass is 338 g/mol. The van der Waals surface area contributed by atoms with E-state index in [1.54, 1.807) is 19.1 Å². The van der Waals surface area contributed by atoms with Crippen LogP contribution in [0, 0.1) is 6.92 Å². The van der Waals surface area contributed by atoms with Crippen LogP contribution in [-0.4, -0.2) is 31.0 Å². The number of amides is 1. The molecule has 1 amide bonds. The second-order valence-electron chi connectivity index (χ2n) is 5.05. The number of carbonyl (C=O) groups excluding carboxylic acids is 1. The van der Waals surface area contributed by atoms with Crippen LogP contribution in [0.2, 0.25) is 0 Å². The summed E-state index contributed by atoms with van der Waals surface area (Å²) >= 11 is 0. The summed E-state index contributed by atoms with van der Waals surface area (Å²) < 4.78 is 27.1. The Morgan fingerprint density at radius 3 is 2.57 bits per heavy atom. The van der Waals surface area contributed by atoms with Crippen LogP contribution in [0.25, 0.3) is 0 Å². The maximum Gasteiger partial charge on any atom is 0.238 e. The van der Waals surface area contributed by atoms with Crippen LogP contribution in [-0.2, 0) is 27.7 Å². The molecule has 0 aliphatic rings. The van der Waals surface area contributed by atoms with Gasteiger partial charge in [-0.15, -0.1) is 0 Å². The molecule has 2 aromatic rings. The van der Waals surface area contributed by atoms with Crippen molar-refractivity contribution in [3.8, 4) is 0 Å². The van der Waals surface area contributed by atoms with Crippen LogP contribution < -0.4 is 10.5 Å². The molecule has 9 heteroatoms. The Kier molecular flexibility index (Phi) is 5.45. The van der Waals surface area contributed by atoms with Crippen molar-refractivity contribution in [2.24, 2.45) is 5.14 Å². The highest BCUT2D eigenvalue weighted by Crippen LogP contribution is 2.10. The second kappa shape index (κ2) is 7.34. The highest BCUT2D eigenvalue weighted by Gasteiger charge is 2.09. The Morgan fingerprint density at radius 2 is 2.00 bits per heavy atom. The quantitative estimate of drug-likeness (QED) is 0.700. The number of hydrogen-bond donors (Lipinski definition) is 2. The fourth-order valence-electron chi connectivity index (χ4n) is 1.99. The van der Waals surface area contributed by atoms with Gasteiger partial charge in [0.1, 0.15) is 0 Å². The van der Waals surface area contributed by atoms with E-state index in [9.17, 15) is 13.2 Å². The van der Waals surface area contributed by atoms with Gasteiger partial charge in [-0.1, -0.05) is 17.3 Å². The fraction of sp³-hybridized carbons (Fsp3) is 0.357. The number of aryl methyl sites for hydroxylation is 2. The first-order valence-corrected chi connectivity index (χ1v) is 8.57. The molecule has 23 heavy (non-hydrogen) atoms. The van der Waals surface area contributed by atoms with Gasteiger partial charge in [-0.2, -0.15) is 4.98 Å². The van der Waals surface area contributed by atoms with Gasteiger partial charge in [0.2, 0.25) is 21.8 Å². The first-order chi connectivity index (χ1) is 10.8. The number of nitrogens with zero attached hydrogens (tertiary/aromatic N) is 2. The molecule has 1 aromatic carbocycles. The van der Waals surface area contributed by atoms with Crippen molar-refractivity contribution in [3.63, 3.8) is 0 Å². The normalized spacial score (nSPS) is 11.4. The zero-order valence-electron chi connectivity index (χ0n) is 12.7. The average Bonchev–Trinajstić information content (AvgIpc) is 2.88. The maximum absolute atomic E-state index is 11.7. The van der Waals surface area contributed by atoms with Crippen molar-refractivity contribution in [1.29, 1.82) is 0 Å². The summed E-state index contributed by atoms with van der Waals surface area (Å²) in [7, 11) is -3.66. The summed E-state index contributed by atoms with van der Waals surface area (Å²) in [6.45, 7) is 2.17. The summed E-state index contributed by atoms with van der Waals surface area (Å²) in [6.07, 6.45) is 1.53. The van der Waals surface area contributed by atoms with E-state index in [1.165, 1.54) is 12.1 Å². The second-order valence-corrected chi connectivity index (χ2v) is 6.61. The van der Waals surface area contributed by atoms with Gasteiger partial charge in [0.25, 0.3) is 0 Å². The molecule has 0 atom stereocenters. The lowest BCUT2D eigenvalue weighted by Gasteiger charge is -2.05. The van der Waals surface area contributed by atoms with E-state index in [0.717, 1.165) is 12.0 Å². The minimum Gasteiger partial charge on any atom is -0.356 e. The van der Waals surface area contributed by atoms with Gasteiger partial charge >= 0.3 is 0 Å². The van der Waals surface area contributed by atoms with Crippen LogP contribution in [0.3, 0.4) is 0 Å². The van der Waals surface area contributed by atoms with Gasteiger partial charge in [0.05, 0.1) is 11.3 Å². The molecule has 124 valence electrons. The van der Waals surface area contributed by atoms with Crippen molar-refractivity contribution in [3.05, 3.63) is 41.5 Å². The number of rotatable bonds is 7. The van der Waals surface area contributed by atoms with Crippen molar-refractivity contribution in [2.45, 2.75) is 31.1 Å². The van der Waals surface area contributed by atoms with Crippen LogP contribution in [0.5, 0.6) is 0 Å². The van der Waals surface area contributed by atoms with E-state index in [4.69, 9.17) is 9.66 Å². The SMILES string of the molecule is Cc1nc(CC(=O)NCCCc2ccc(S(N)(=O)=O)cc2)no1. The molecule has 2 rings (SSSR count). The molecule has 0 radical (unpaired) electrons. The number of hydrogen-bond acceptors (Lipinski definition) is 6. The molecule has 0 saturated carbocycles. The molecular formula is C14H18N4O4S. The van der Waals surface area contributed by atoms with Crippen LogP contribution in [0.4, 0.5) is 0 Å². The Hall–Kier alpha value is -2.26. The lowest BCUT2D eigenvalue weighted by atomic mass is 10.1. The number of nitrogens with two attached hydrogens (primary N) is 1. The van der Waals surface area contributed by atoms with Crippen LogP contribution in [0.15, 0.2) is 33.7 Å². The van der Waals surface area contributed by atoms with E-state index in [-0.39, 0.29) is 17.2 Å². The van der Waals surface area contributed by atoms with E-state index in [1.807, 2.05) is 0 Å². The maximum atomic E-state index is 11.7. The summed E-state index contributed by atoms with van der Waals surface area (Å²) in [5.41, 5.74) is 0.973. The number of carbonyl (C=O) groups is 1. The summed E-state index contributed by atoms with van der Waals surface area (Å²) in [5.74, 6) is 0.615. The van der Waals surface area contributed by atoms with Crippen LogP contribution >= 0.6 is 0 Å². The number of nitrogens with one attached hydrogen (secondary N) is 1. The molecule has 3 N–H and O–H groups in total. The van der Waals surface area contributed by atoms with Crippen LogP contribution in [0.1, 0.15) is 23.7 Å². The third-order valence-corrected chi connectivity index (χ3v) is 4.03. The summed E-state index contributed by atoms with van der Waals surface area (Å²) in [5, 5.41) is 11.5. The molecule has 0 aliphatic carbocycles. The van der Waals surface area contributed by atoms with Gasteiger partial charge in [-0.3, -0.25) is 4.79 Å². The Labute approximate surface area is 134 Å². The molecule has 1 heterocycles. The van der Waals surface area contributed by atoms with E-state index < -0.39 is 10.0 Å². The predicted octanol–water partition coefficient (Wildman–Crippen LogP) is 0.317. The molecule has 0 unspecified atom stereocenters. The van der Waals surface area contributed by atoms with Gasteiger partial charge < -0.3 is 9.84 Å². The first kappa shape index (κ1) is 17.1. The van der Waals surface area contributed by atoms with E-state index in [2.05, 4.69) is 15.5 Å². The van der Waals surface area contributed by atoms with E-state index >= 15 is 0 Å². The smallest absolute Gasteiger partial charge is 0.238 e. The molecule has 8 nitrogen and oxygen atoms in total. The lowest BCUT2D eigenvalue weighted by molar-refractivity contribution is -0.120. The van der Waals surface area contributed by atoms with Gasteiger partial charge in [-0.05, 0) is 30.5 Å². The molecule has 0 fully saturated rings. The number of sulfonamides is 1. The van der Waals surface area contributed by atoms with Crippen molar-refractivity contribution in [2.75, 3.05) is 6.54 Å². The fourth-order valence-corrected chi connectivity index (χ4v) is 2.50. The summed E-state index contributed by atoms with van der Waals surface area (Å²) in [4.78, 5) is 15.7.